The summed E-state index contributed by atoms with van der Waals surface area (Å²) >= 11 is 0. The predicted octanol–water partition coefficient (Wildman–Crippen LogP) is 4.19. The molecule has 7 atom stereocenters. The van der Waals surface area contributed by atoms with Gasteiger partial charge in [0.25, 0.3) is 0 Å². The minimum Gasteiger partial charge on any atom is -0.463 e. The summed E-state index contributed by atoms with van der Waals surface area (Å²) in [6.45, 7) is 0.285. The van der Waals surface area contributed by atoms with Crippen molar-refractivity contribution < 1.29 is 37.6 Å². The zero-order chi connectivity index (χ0) is 22.8. The topological polar surface area (TPSA) is 74.2 Å². The fraction of sp³-hybridized carbons (Fsp3) is 0.958. The van der Waals surface area contributed by atoms with Gasteiger partial charge in [-0.15, -0.1) is 0 Å². The van der Waals surface area contributed by atoms with Crippen molar-refractivity contribution in [2.45, 2.75) is 76.7 Å². The van der Waals surface area contributed by atoms with E-state index in [4.69, 9.17) is 24.1 Å². The highest BCUT2D eigenvalue weighted by Crippen LogP contribution is 2.61. The molecule has 186 valence electrons. The Balaban J connectivity index is 1.28. The van der Waals surface area contributed by atoms with Gasteiger partial charge in [0.15, 0.2) is 6.36 Å². The van der Waals surface area contributed by atoms with E-state index in [0.29, 0.717) is 43.3 Å². The number of rotatable bonds is 17. The molecule has 1 N–H and O–H groups in total. The highest BCUT2D eigenvalue weighted by atomic mass is 19.1. The van der Waals surface area contributed by atoms with E-state index in [1.54, 1.807) is 0 Å². The molecule has 7 unspecified atom stereocenters. The largest absolute Gasteiger partial charge is 0.463 e. The van der Waals surface area contributed by atoms with Crippen molar-refractivity contribution in [2.75, 3.05) is 39.9 Å². The van der Waals surface area contributed by atoms with E-state index in [2.05, 4.69) is 0 Å². The third-order valence-corrected chi connectivity index (χ3v) is 7.51. The number of esters is 1. The third-order valence-electron chi connectivity index (χ3n) is 7.51. The Hall–Kier alpha value is -0.830. The summed E-state index contributed by atoms with van der Waals surface area (Å²) in [5.74, 6) is 1.33. The Bertz CT molecular complexity index is 551. The smallest absolute Gasteiger partial charge is 0.311 e. The van der Waals surface area contributed by atoms with Gasteiger partial charge >= 0.3 is 5.97 Å². The molecule has 3 aliphatic carbocycles. The lowest BCUT2D eigenvalue weighted by molar-refractivity contribution is -0.171. The number of hydrogen-bond donors (Lipinski definition) is 1. The van der Waals surface area contributed by atoms with Gasteiger partial charge < -0.3 is 24.1 Å². The van der Waals surface area contributed by atoms with Crippen molar-refractivity contribution in [3.8, 4) is 0 Å². The van der Waals surface area contributed by atoms with Crippen LogP contribution in [0.25, 0.3) is 0 Å². The van der Waals surface area contributed by atoms with Crippen LogP contribution in [0.1, 0.15) is 64.2 Å². The van der Waals surface area contributed by atoms with E-state index >= 15 is 0 Å². The molecule has 3 fully saturated rings. The number of unbranched alkanes of at least 4 members (excludes halogenated alkanes) is 3. The Morgan fingerprint density at radius 3 is 2.47 bits per heavy atom. The number of aliphatic hydroxyl groups is 1. The maximum absolute atomic E-state index is 13.3. The standard InChI is InChI=1S/C24H40F2O6/c25-10-14-31-24(28)22-19-15-20(18-8-5-7-17(18)19)23(22)32-16-29-12-3-1-2-4-13-30-21(26)9-6-11-27/h17-23,27H,1-16H2. The van der Waals surface area contributed by atoms with E-state index in [0.717, 1.165) is 32.1 Å². The van der Waals surface area contributed by atoms with Crippen molar-refractivity contribution in [3.63, 3.8) is 0 Å². The maximum atomic E-state index is 13.3. The Kier molecular flexibility index (Phi) is 11.1. The van der Waals surface area contributed by atoms with Gasteiger partial charge in [0.1, 0.15) is 20.1 Å². The van der Waals surface area contributed by atoms with Crippen LogP contribution in [0.3, 0.4) is 0 Å². The first kappa shape index (κ1) is 25.8. The number of aliphatic hydroxyl groups excluding tert-OH is 1. The monoisotopic (exact) mass is 462 g/mol. The van der Waals surface area contributed by atoms with Gasteiger partial charge in [0.05, 0.1) is 18.6 Å². The number of halogens is 2. The fourth-order valence-electron chi connectivity index (χ4n) is 6.21. The number of fused-ring (bicyclic) bond motifs is 5. The van der Waals surface area contributed by atoms with Gasteiger partial charge in [-0.05, 0) is 62.2 Å². The summed E-state index contributed by atoms with van der Waals surface area (Å²) < 4.78 is 47.7. The quantitative estimate of drug-likeness (QED) is 0.199. The molecule has 0 aromatic rings. The van der Waals surface area contributed by atoms with Crippen molar-refractivity contribution >= 4 is 5.97 Å². The second-order valence-electron chi connectivity index (χ2n) is 9.42. The van der Waals surface area contributed by atoms with E-state index < -0.39 is 13.0 Å². The van der Waals surface area contributed by atoms with Crippen LogP contribution >= 0.6 is 0 Å². The highest BCUT2D eigenvalue weighted by Gasteiger charge is 2.62. The highest BCUT2D eigenvalue weighted by molar-refractivity contribution is 5.74. The molecule has 3 rings (SSSR count). The van der Waals surface area contributed by atoms with Crippen LogP contribution < -0.4 is 0 Å². The summed E-state index contributed by atoms with van der Waals surface area (Å²) in [6, 6.07) is 0. The molecule has 8 heteroatoms. The molecule has 0 heterocycles. The molecule has 0 amide bonds. The predicted molar refractivity (Wildman–Crippen MR) is 114 cm³/mol. The van der Waals surface area contributed by atoms with Crippen molar-refractivity contribution in [2.24, 2.45) is 29.6 Å². The van der Waals surface area contributed by atoms with Gasteiger partial charge in [-0.3, -0.25) is 4.79 Å². The van der Waals surface area contributed by atoms with Crippen molar-refractivity contribution in [1.29, 1.82) is 0 Å². The zero-order valence-electron chi connectivity index (χ0n) is 19.1. The fourth-order valence-corrected chi connectivity index (χ4v) is 6.21. The van der Waals surface area contributed by atoms with Gasteiger partial charge in [-0.25, -0.2) is 8.78 Å². The van der Waals surface area contributed by atoms with E-state index in [9.17, 15) is 13.6 Å². The lowest BCUT2D eigenvalue weighted by Crippen LogP contribution is -2.43. The molecule has 0 saturated heterocycles. The summed E-state index contributed by atoms with van der Waals surface area (Å²) in [7, 11) is 0. The van der Waals surface area contributed by atoms with Crippen LogP contribution in [0.5, 0.6) is 0 Å². The van der Waals surface area contributed by atoms with Crippen molar-refractivity contribution in [1.82, 2.24) is 0 Å². The van der Waals surface area contributed by atoms with Gasteiger partial charge in [-0.2, -0.15) is 0 Å². The Morgan fingerprint density at radius 1 is 0.969 bits per heavy atom. The zero-order valence-corrected chi connectivity index (χ0v) is 19.1. The normalized spacial score (nSPS) is 31.7. The number of alkyl halides is 2. The molecule has 0 aromatic heterocycles. The van der Waals surface area contributed by atoms with E-state index in [-0.39, 0.29) is 44.4 Å². The molecule has 32 heavy (non-hydrogen) atoms. The molecular weight excluding hydrogens is 422 g/mol. The molecule has 3 aliphatic rings. The minimum absolute atomic E-state index is 0.0134. The van der Waals surface area contributed by atoms with Crippen LogP contribution in [0.15, 0.2) is 0 Å². The minimum atomic E-state index is -1.29. The molecule has 0 aromatic carbocycles. The second kappa shape index (κ2) is 13.8. The average molecular weight is 463 g/mol. The first-order valence-corrected chi connectivity index (χ1v) is 12.5. The summed E-state index contributed by atoms with van der Waals surface area (Å²) in [5.41, 5.74) is 0. The Morgan fingerprint density at radius 2 is 1.72 bits per heavy atom. The second-order valence-corrected chi connectivity index (χ2v) is 9.42. The number of ether oxygens (including phenoxy) is 4. The number of carbonyl (C=O) groups excluding carboxylic acids is 1. The number of carbonyl (C=O) groups is 1. The average Bonchev–Trinajstić information content (AvgIpc) is 3.49. The first-order chi connectivity index (χ1) is 15.7. The van der Waals surface area contributed by atoms with Gasteiger partial charge in [0, 0.05) is 19.6 Å². The summed E-state index contributed by atoms with van der Waals surface area (Å²) in [5, 5.41) is 8.66. The molecule has 0 radical (unpaired) electrons. The van der Waals surface area contributed by atoms with Crippen LogP contribution in [0.4, 0.5) is 8.78 Å². The lowest BCUT2D eigenvalue weighted by Gasteiger charge is -2.36. The molecular formula is C24H40F2O6. The van der Waals surface area contributed by atoms with Crippen LogP contribution in [0, 0.1) is 29.6 Å². The summed E-state index contributed by atoms with van der Waals surface area (Å²) in [6.07, 6.45) is 7.41. The molecule has 6 nitrogen and oxygen atoms in total. The van der Waals surface area contributed by atoms with Crippen molar-refractivity contribution in [3.05, 3.63) is 0 Å². The lowest BCUT2D eigenvalue weighted by atomic mass is 9.74. The van der Waals surface area contributed by atoms with E-state index in [1.807, 2.05) is 0 Å². The van der Waals surface area contributed by atoms with Gasteiger partial charge in [-0.1, -0.05) is 19.3 Å². The van der Waals surface area contributed by atoms with Crippen LogP contribution in [-0.4, -0.2) is 63.4 Å². The molecule has 3 saturated carbocycles. The first-order valence-electron chi connectivity index (χ1n) is 12.5. The number of hydrogen-bond acceptors (Lipinski definition) is 6. The molecule has 0 aliphatic heterocycles. The molecule has 2 bridgehead atoms. The third kappa shape index (κ3) is 6.84. The van der Waals surface area contributed by atoms with Gasteiger partial charge in [0.2, 0.25) is 0 Å². The molecule has 0 spiro atoms. The summed E-state index contributed by atoms with van der Waals surface area (Å²) in [4.78, 5) is 12.6. The maximum Gasteiger partial charge on any atom is 0.311 e. The SMILES string of the molecule is O=C(OCCF)C1C2CC(C3CCCC32)C1OCOCCCCCCOC(F)CCCO. The van der Waals surface area contributed by atoms with E-state index in [1.165, 1.54) is 19.3 Å². The van der Waals surface area contributed by atoms with Crippen LogP contribution in [0.2, 0.25) is 0 Å². The van der Waals surface area contributed by atoms with Crippen LogP contribution in [-0.2, 0) is 23.7 Å². The Labute approximate surface area is 190 Å².